The van der Waals surface area contributed by atoms with Gasteiger partial charge in [-0.2, -0.15) is 0 Å². The number of amides is 1. The fourth-order valence-electron chi connectivity index (χ4n) is 1.83. The number of esters is 1. The van der Waals surface area contributed by atoms with Crippen LogP contribution in [0.2, 0.25) is 0 Å². The number of aromatic nitrogens is 1. The quantitative estimate of drug-likeness (QED) is 0.862. The van der Waals surface area contributed by atoms with E-state index in [1.165, 1.54) is 12.0 Å². The zero-order chi connectivity index (χ0) is 15.2. The first kappa shape index (κ1) is 15.2. The highest BCUT2D eigenvalue weighted by Crippen LogP contribution is 2.29. The predicted molar refractivity (Wildman–Crippen MR) is 82.2 cm³/mol. The van der Waals surface area contributed by atoms with E-state index in [1.54, 1.807) is 29.7 Å². The molecule has 0 saturated carbocycles. The fraction of sp³-hybridized carbons (Fsp3) is 0.267. The van der Waals surface area contributed by atoms with E-state index < -0.39 is 5.97 Å². The van der Waals surface area contributed by atoms with Gasteiger partial charge in [0.1, 0.15) is 0 Å². The Morgan fingerprint density at radius 1 is 1.38 bits per heavy atom. The van der Waals surface area contributed by atoms with E-state index in [2.05, 4.69) is 15.0 Å². The van der Waals surface area contributed by atoms with Crippen LogP contribution in [0.25, 0.3) is 11.3 Å². The van der Waals surface area contributed by atoms with Crippen LogP contribution in [0.15, 0.2) is 29.8 Å². The van der Waals surface area contributed by atoms with Gasteiger partial charge in [0.2, 0.25) is 5.91 Å². The standard InChI is InChI=1S/C15H16N2O3S/c1-10-8-11(9-21-10)15-12(4-3-7-16-15)17-13(18)5-6-14(19)20-2/h3-4,7-9H,5-6H2,1-2H3,(H,17,18). The van der Waals surface area contributed by atoms with Crippen molar-refractivity contribution >= 4 is 28.9 Å². The summed E-state index contributed by atoms with van der Waals surface area (Å²) in [5, 5.41) is 4.79. The van der Waals surface area contributed by atoms with Crippen LogP contribution in [0.5, 0.6) is 0 Å². The van der Waals surface area contributed by atoms with E-state index in [1.807, 2.05) is 18.4 Å². The minimum absolute atomic E-state index is 0.0650. The number of anilines is 1. The molecule has 0 atom stereocenters. The van der Waals surface area contributed by atoms with Crippen LogP contribution in [0.3, 0.4) is 0 Å². The Balaban J connectivity index is 2.10. The van der Waals surface area contributed by atoms with Gasteiger partial charge in [-0.3, -0.25) is 14.6 Å². The number of carbonyl (C=O) groups is 2. The van der Waals surface area contributed by atoms with Crippen molar-refractivity contribution in [1.82, 2.24) is 4.98 Å². The summed E-state index contributed by atoms with van der Waals surface area (Å²) in [6, 6.07) is 5.58. The normalized spacial score (nSPS) is 10.2. The van der Waals surface area contributed by atoms with E-state index in [4.69, 9.17) is 0 Å². The molecule has 6 heteroatoms. The van der Waals surface area contributed by atoms with Crippen molar-refractivity contribution in [3.8, 4) is 11.3 Å². The van der Waals surface area contributed by atoms with Gasteiger partial charge in [0.15, 0.2) is 0 Å². The summed E-state index contributed by atoms with van der Waals surface area (Å²) in [6.45, 7) is 2.02. The van der Waals surface area contributed by atoms with Crippen LogP contribution < -0.4 is 5.32 Å². The number of rotatable bonds is 5. The topological polar surface area (TPSA) is 68.3 Å². The first-order valence-electron chi connectivity index (χ1n) is 6.47. The molecule has 0 fully saturated rings. The van der Waals surface area contributed by atoms with Crippen molar-refractivity contribution in [2.75, 3.05) is 12.4 Å². The second-order valence-electron chi connectivity index (χ2n) is 4.47. The molecule has 0 unspecified atom stereocenters. The predicted octanol–water partition coefficient (Wildman–Crippen LogP) is 3.01. The molecular weight excluding hydrogens is 288 g/mol. The van der Waals surface area contributed by atoms with E-state index in [9.17, 15) is 9.59 Å². The van der Waals surface area contributed by atoms with Crippen molar-refractivity contribution in [2.24, 2.45) is 0 Å². The molecule has 5 nitrogen and oxygen atoms in total. The van der Waals surface area contributed by atoms with E-state index in [0.29, 0.717) is 5.69 Å². The lowest BCUT2D eigenvalue weighted by Gasteiger charge is -2.08. The third kappa shape index (κ3) is 4.13. The smallest absolute Gasteiger partial charge is 0.306 e. The van der Waals surface area contributed by atoms with Gasteiger partial charge >= 0.3 is 5.97 Å². The number of aryl methyl sites for hydroxylation is 1. The molecule has 0 radical (unpaired) electrons. The molecule has 2 aromatic rings. The number of hydrogen-bond acceptors (Lipinski definition) is 5. The number of pyridine rings is 1. The Morgan fingerprint density at radius 2 is 2.19 bits per heavy atom. The van der Waals surface area contributed by atoms with Crippen molar-refractivity contribution in [2.45, 2.75) is 19.8 Å². The van der Waals surface area contributed by atoms with Crippen LogP contribution in [0.1, 0.15) is 17.7 Å². The SMILES string of the molecule is COC(=O)CCC(=O)Nc1cccnc1-c1csc(C)c1. The molecule has 21 heavy (non-hydrogen) atoms. The van der Waals surface area contributed by atoms with Crippen molar-refractivity contribution in [1.29, 1.82) is 0 Å². The maximum Gasteiger partial charge on any atom is 0.306 e. The summed E-state index contributed by atoms with van der Waals surface area (Å²) in [5.41, 5.74) is 2.35. The highest BCUT2D eigenvalue weighted by atomic mass is 32.1. The summed E-state index contributed by atoms with van der Waals surface area (Å²) in [7, 11) is 1.30. The van der Waals surface area contributed by atoms with E-state index in [0.717, 1.165) is 11.3 Å². The molecule has 0 bridgehead atoms. The molecule has 0 spiro atoms. The van der Waals surface area contributed by atoms with Gasteiger partial charge in [-0.05, 0) is 25.1 Å². The number of nitrogens with zero attached hydrogens (tertiary/aromatic N) is 1. The average molecular weight is 304 g/mol. The van der Waals surface area contributed by atoms with Crippen LogP contribution in [0, 0.1) is 6.92 Å². The van der Waals surface area contributed by atoms with Gasteiger partial charge in [0, 0.05) is 28.4 Å². The number of hydrogen-bond donors (Lipinski definition) is 1. The van der Waals surface area contributed by atoms with Crippen molar-refractivity contribution in [3.05, 3.63) is 34.7 Å². The van der Waals surface area contributed by atoms with Crippen LogP contribution in [-0.4, -0.2) is 24.0 Å². The molecular formula is C15H16N2O3S. The molecule has 0 aliphatic carbocycles. The number of nitrogens with one attached hydrogen (secondary N) is 1. The van der Waals surface area contributed by atoms with Gasteiger partial charge in [0.25, 0.3) is 0 Å². The summed E-state index contributed by atoms with van der Waals surface area (Å²) in [4.78, 5) is 28.4. The number of ether oxygens (including phenoxy) is 1. The Bertz CT molecular complexity index is 652. The molecule has 0 saturated heterocycles. The summed E-state index contributed by atoms with van der Waals surface area (Å²) >= 11 is 1.63. The van der Waals surface area contributed by atoms with Gasteiger partial charge < -0.3 is 10.1 Å². The second kappa shape index (κ2) is 6.99. The van der Waals surface area contributed by atoms with Crippen LogP contribution >= 0.6 is 11.3 Å². The molecule has 110 valence electrons. The molecule has 0 aromatic carbocycles. The lowest BCUT2D eigenvalue weighted by atomic mass is 10.1. The molecule has 2 aromatic heterocycles. The summed E-state index contributed by atoms with van der Waals surface area (Å²) in [6.07, 6.45) is 1.84. The minimum Gasteiger partial charge on any atom is -0.469 e. The zero-order valence-corrected chi connectivity index (χ0v) is 12.7. The first-order chi connectivity index (χ1) is 10.1. The lowest BCUT2D eigenvalue weighted by Crippen LogP contribution is -2.14. The van der Waals surface area contributed by atoms with Crippen molar-refractivity contribution < 1.29 is 14.3 Å². The first-order valence-corrected chi connectivity index (χ1v) is 7.35. The Hall–Kier alpha value is -2.21. The van der Waals surface area contributed by atoms with Crippen LogP contribution in [0.4, 0.5) is 5.69 Å². The van der Waals surface area contributed by atoms with Gasteiger partial charge in [-0.1, -0.05) is 0 Å². The van der Waals surface area contributed by atoms with Gasteiger partial charge in [-0.25, -0.2) is 0 Å². The molecule has 1 N–H and O–H groups in total. The van der Waals surface area contributed by atoms with Crippen LogP contribution in [-0.2, 0) is 14.3 Å². The van der Waals surface area contributed by atoms with E-state index >= 15 is 0 Å². The largest absolute Gasteiger partial charge is 0.469 e. The van der Waals surface area contributed by atoms with E-state index in [-0.39, 0.29) is 18.7 Å². The number of methoxy groups -OCH3 is 1. The fourth-order valence-corrected chi connectivity index (χ4v) is 2.52. The monoisotopic (exact) mass is 304 g/mol. The second-order valence-corrected chi connectivity index (χ2v) is 5.59. The lowest BCUT2D eigenvalue weighted by molar-refractivity contribution is -0.141. The van der Waals surface area contributed by atoms with Gasteiger partial charge in [-0.15, -0.1) is 11.3 Å². The number of thiophene rings is 1. The average Bonchev–Trinajstić information content (AvgIpc) is 2.91. The van der Waals surface area contributed by atoms with Gasteiger partial charge in [0.05, 0.1) is 24.9 Å². The Labute approximate surface area is 127 Å². The molecule has 2 rings (SSSR count). The third-order valence-electron chi connectivity index (χ3n) is 2.87. The zero-order valence-electron chi connectivity index (χ0n) is 11.9. The molecule has 1 amide bonds. The molecule has 0 aliphatic heterocycles. The maximum atomic E-state index is 11.9. The summed E-state index contributed by atoms with van der Waals surface area (Å²) in [5.74, 6) is -0.633. The van der Waals surface area contributed by atoms with Crippen molar-refractivity contribution in [3.63, 3.8) is 0 Å². The molecule has 2 heterocycles. The highest BCUT2D eigenvalue weighted by Gasteiger charge is 2.12. The Kier molecular flexibility index (Phi) is 5.05. The maximum absolute atomic E-state index is 11.9. The highest BCUT2D eigenvalue weighted by molar-refractivity contribution is 7.10. The number of carbonyl (C=O) groups excluding carboxylic acids is 2. The third-order valence-corrected chi connectivity index (χ3v) is 3.73. The summed E-state index contributed by atoms with van der Waals surface area (Å²) < 4.78 is 4.52. The Morgan fingerprint density at radius 3 is 2.86 bits per heavy atom. The minimum atomic E-state index is -0.398. The molecule has 0 aliphatic rings.